The minimum atomic E-state index is -0.222. The summed E-state index contributed by atoms with van der Waals surface area (Å²) < 4.78 is 20.3. The van der Waals surface area contributed by atoms with Gasteiger partial charge in [0.15, 0.2) is 0 Å². The van der Waals surface area contributed by atoms with Crippen LogP contribution in [0.2, 0.25) is 0 Å². The summed E-state index contributed by atoms with van der Waals surface area (Å²) in [5.74, 6) is 0.587. The first-order chi connectivity index (χ1) is 8.64. The molecular weight excluding hydrogens is 297 g/mol. The number of nitrogens with two attached hydrogens (primary N) is 1. The lowest BCUT2D eigenvalue weighted by Gasteiger charge is -2.42. The molecule has 2 fully saturated rings. The molecule has 2 aliphatic rings. The largest absolute Gasteiger partial charge is 0.489 e. The van der Waals surface area contributed by atoms with Gasteiger partial charge in [-0.1, -0.05) is 6.42 Å². The first kappa shape index (κ1) is 12.4. The molecule has 0 saturated heterocycles. The van der Waals surface area contributed by atoms with Crippen LogP contribution >= 0.6 is 15.9 Å². The van der Waals surface area contributed by atoms with Crippen molar-refractivity contribution < 1.29 is 9.13 Å². The van der Waals surface area contributed by atoms with Crippen LogP contribution in [0.4, 0.5) is 4.39 Å². The van der Waals surface area contributed by atoms with Crippen molar-refractivity contribution >= 4 is 15.9 Å². The molecule has 2 N–H and O–H groups in total. The second-order valence-electron chi connectivity index (χ2n) is 5.42. The first-order valence-electron chi connectivity index (χ1n) is 6.51. The topological polar surface area (TPSA) is 35.2 Å². The van der Waals surface area contributed by atoms with Crippen LogP contribution in [-0.2, 0) is 5.41 Å². The molecule has 0 heterocycles. The molecule has 1 aromatic carbocycles. The van der Waals surface area contributed by atoms with Crippen LogP contribution in [0.1, 0.15) is 37.7 Å². The standard InChI is InChI=1S/C14H17BrFNO/c15-12-7-9(16)6-11(13(12)18-10-2-3-10)14(8-17)4-1-5-14/h6-7,10H,1-5,8,17H2. The molecule has 0 unspecified atom stereocenters. The van der Waals surface area contributed by atoms with Gasteiger partial charge in [-0.25, -0.2) is 4.39 Å². The first-order valence-corrected chi connectivity index (χ1v) is 7.30. The zero-order valence-electron chi connectivity index (χ0n) is 10.2. The van der Waals surface area contributed by atoms with Crippen LogP contribution in [0.25, 0.3) is 0 Å². The smallest absolute Gasteiger partial charge is 0.137 e. The third-order valence-corrected chi connectivity index (χ3v) is 4.68. The average Bonchev–Trinajstić information content (AvgIpc) is 3.06. The number of halogens is 2. The van der Waals surface area contributed by atoms with Crippen molar-refractivity contribution in [1.82, 2.24) is 0 Å². The molecule has 1 aromatic rings. The minimum absolute atomic E-state index is 0.0746. The second kappa shape index (κ2) is 4.49. The number of hydrogen-bond acceptors (Lipinski definition) is 2. The van der Waals surface area contributed by atoms with Crippen LogP contribution in [-0.4, -0.2) is 12.6 Å². The SMILES string of the molecule is NCC1(c2cc(F)cc(Br)c2OC2CC2)CCC1. The molecule has 0 spiro atoms. The highest BCUT2D eigenvalue weighted by Gasteiger charge is 2.41. The van der Waals surface area contributed by atoms with Crippen molar-refractivity contribution in [2.45, 2.75) is 43.6 Å². The monoisotopic (exact) mass is 313 g/mol. The Kier molecular flexibility index (Phi) is 3.10. The minimum Gasteiger partial charge on any atom is -0.489 e. The van der Waals surface area contributed by atoms with E-state index < -0.39 is 0 Å². The van der Waals surface area contributed by atoms with Crippen molar-refractivity contribution in [3.8, 4) is 5.75 Å². The third-order valence-electron chi connectivity index (χ3n) is 4.09. The lowest BCUT2D eigenvalue weighted by atomic mass is 9.64. The van der Waals surface area contributed by atoms with Crippen LogP contribution < -0.4 is 10.5 Å². The summed E-state index contributed by atoms with van der Waals surface area (Å²) >= 11 is 3.42. The zero-order chi connectivity index (χ0) is 12.8. The number of benzene rings is 1. The van der Waals surface area contributed by atoms with Gasteiger partial charge < -0.3 is 10.5 Å². The Balaban J connectivity index is 2.04. The molecular formula is C14H17BrFNO. The fourth-order valence-corrected chi connectivity index (χ4v) is 3.14. The number of rotatable bonds is 4. The molecule has 2 saturated carbocycles. The van der Waals surface area contributed by atoms with Crippen molar-refractivity contribution in [2.24, 2.45) is 5.73 Å². The highest BCUT2D eigenvalue weighted by atomic mass is 79.9. The molecule has 3 rings (SSSR count). The third kappa shape index (κ3) is 2.05. The Labute approximate surface area is 115 Å². The fraction of sp³-hybridized carbons (Fsp3) is 0.571. The van der Waals surface area contributed by atoms with E-state index in [-0.39, 0.29) is 11.2 Å². The lowest BCUT2D eigenvalue weighted by molar-refractivity contribution is 0.229. The van der Waals surface area contributed by atoms with Gasteiger partial charge >= 0.3 is 0 Å². The predicted molar refractivity (Wildman–Crippen MR) is 72.3 cm³/mol. The number of ether oxygens (including phenoxy) is 1. The quantitative estimate of drug-likeness (QED) is 0.923. The van der Waals surface area contributed by atoms with E-state index in [9.17, 15) is 4.39 Å². The number of hydrogen-bond donors (Lipinski definition) is 1. The van der Waals surface area contributed by atoms with E-state index in [0.29, 0.717) is 17.1 Å². The van der Waals surface area contributed by atoms with Crippen molar-refractivity contribution in [2.75, 3.05) is 6.54 Å². The van der Waals surface area contributed by atoms with Gasteiger partial charge in [0.1, 0.15) is 11.6 Å². The maximum atomic E-state index is 13.7. The van der Waals surface area contributed by atoms with Crippen LogP contribution in [0.15, 0.2) is 16.6 Å². The van der Waals surface area contributed by atoms with Gasteiger partial charge in [0.2, 0.25) is 0 Å². The molecule has 0 aliphatic heterocycles. The highest BCUT2D eigenvalue weighted by molar-refractivity contribution is 9.10. The van der Waals surface area contributed by atoms with E-state index in [1.165, 1.54) is 6.07 Å². The molecule has 98 valence electrons. The molecule has 0 amide bonds. The van der Waals surface area contributed by atoms with E-state index in [4.69, 9.17) is 10.5 Å². The maximum Gasteiger partial charge on any atom is 0.137 e. The summed E-state index contributed by atoms with van der Waals surface area (Å²) in [5.41, 5.74) is 6.80. The van der Waals surface area contributed by atoms with Crippen LogP contribution in [0, 0.1) is 5.82 Å². The van der Waals surface area contributed by atoms with E-state index >= 15 is 0 Å². The van der Waals surface area contributed by atoms with Gasteiger partial charge in [-0.05, 0) is 53.7 Å². The van der Waals surface area contributed by atoms with Crippen molar-refractivity contribution in [1.29, 1.82) is 0 Å². The summed E-state index contributed by atoms with van der Waals surface area (Å²) in [5, 5.41) is 0. The molecule has 0 atom stereocenters. The van der Waals surface area contributed by atoms with Gasteiger partial charge in [0, 0.05) is 17.5 Å². The lowest BCUT2D eigenvalue weighted by Crippen LogP contribution is -2.42. The summed E-state index contributed by atoms with van der Waals surface area (Å²) in [4.78, 5) is 0. The van der Waals surface area contributed by atoms with Gasteiger partial charge in [-0.3, -0.25) is 0 Å². The molecule has 18 heavy (non-hydrogen) atoms. The highest BCUT2D eigenvalue weighted by Crippen LogP contribution is 2.49. The molecule has 4 heteroatoms. The van der Waals surface area contributed by atoms with Crippen molar-refractivity contribution in [3.63, 3.8) is 0 Å². The second-order valence-corrected chi connectivity index (χ2v) is 6.27. The Hall–Kier alpha value is -0.610. The molecule has 0 bridgehead atoms. The van der Waals surface area contributed by atoms with E-state index in [1.807, 2.05) is 0 Å². The molecule has 2 aliphatic carbocycles. The summed E-state index contributed by atoms with van der Waals surface area (Å²) in [7, 11) is 0. The summed E-state index contributed by atoms with van der Waals surface area (Å²) in [6.07, 6.45) is 5.72. The maximum absolute atomic E-state index is 13.7. The Morgan fingerprint density at radius 3 is 2.61 bits per heavy atom. The van der Waals surface area contributed by atoms with E-state index in [2.05, 4.69) is 15.9 Å². The van der Waals surface area contributed by atoms with Gasteiger partial charge in [0.25, 0.3) is 0 Å². The van der Waals surface area contributed by atoms with E-state index in [0.717, 1.165) is 43.4 Å². The summed E-state index contributed by atoms with van der Waals surface area (Å²) in [6.45, 7) is 0.559. The Morgan fingerprint density at radius 1 is 1.39 bits per heavy atom. The molecule has 2 nitrogen and oxygen atoms in total. The van der Waals surface area contributed by atoms with Crippen molar-refractivity contribution in [3.05, 3.63) is 28.0 Å². The predicted octanol–water partition coefficient (Wildman–Crippen LogP) is 3.51. The zero-order valence-corrected chi connectivity index (χ0v) is 11.8. The molecule has 0 radical (unpaired) electrons. The Morgan fingerprint density at radius 2 is 2.11 bits per heavy atom. The van der Waals surface area contributed by atoms with E-state index in [1.54, 1.807) is 6.07 Å². The summed E-state index contributed by atoms with van der Waals surface area (Å²) in [6, 6.07) is 3.08. The normalized spacial score (nSPS) is 21.5. The van der Waals surface area contributed by atoms with Gasteiger partial charge in [-0.2, -0.15) is 0 Å². The molecule has 0 aromatic heterocycles. The Bertz CT molecular complexity index is 464. The fourth-order valence-electron chi connectivity index (χ4n) is 2.61. The average molecular weight is 314 g/mol. The van der Waals surface area contributed by atoms with Gasteiger partial charge in [0.05, 0.1) is 10.6 Å². The van der Waals surface area contributed by atoms with Crippen LogP contribution in [0.5, 0.6) is 5.75 Å². The van der Waals surface area contributed by atoms with Crippen LogP contribution in [0.3, 0.4) is 0 Å². The van der Waals surface area contributed by atoms with Gasteiger partial charge in [-0.15, -0.1) is 0 Å².